The molecule has 0 saturated carbocycles. The summed E-state index contributed by atoms with van der Waals surface area (Å²) in [6, 6.07) is 3.46. The van der Waals surface area contributed by atoms with E-state index < -0.39 is 11.7 Å². The van der Waals surface area contributed by atoms with Crippen LogP contribution in [0.15, 0.2) is 18.2 Å². The molecule has 1 aromatic carbocycles. The van der Waals surface area contributed by atoms with Crippen LogP contribution in [0, 0.1) is 0 Å². The van der Waals surface area contributed by atoms with Gasteiger partial charge in [-0.25, -0.2) is 0 Å². The van der Waals surface area contributed by atoms with Gasteiger partial charge in [0.2, 0.25) is 0 Å². The monoisotopic (exact) mass is 248 g/mol. The number of hydrogen-bond donors (Lipinski definition) is 2. The molecule has 0 aliphatic carbocycles. The number of nitrogen functional groups attached to an aromatic ring is 1. The number of alkyl halides is 3. The Hall–Kier alpha value is -1.27. The molecular formula is C11H15F3N2O. The maximum absolute atomic E-state index is 12.4. The number of ether oxygens (including phenoxy) is 1. The third-order valence-electron chi connectivity index (χ3n) is 2.07. The first-order chi connectivity index (χ1) is 7.80. The van der Waals surface area contributed by atoms with E-state index in [4.69, 9.17) is 16.2 Å². The fourth-order valence-corrected chi connectivity index (χ4v) is 1.32. The van der Waals surface area contributed by atoms with Crippen LogP contribution in [0.4, 0.5) is 18.9 Å². The predicted octanol–water partition coefficient (Wildman–Crippen LogP) is 2.15. The lowest BCUT2D eigenvalue weighted by molar-refractivity contribution is -0.136. The van der Waals surface area contributed by atoms with Crippen molar-refractivity contribution in [3.8, 4) is 0 Å². The van der Waals surface area contributed by atoms with E-state index in [9.17, 15) is 13.2 Å². The molecule has 6 heteroatoms. The van der Waals surface area contributed by atoms with Crippen molar-refractivity contribution in [3.05, 3.63) is 29.3 Å². The molecule has 1 atom stereocenters. The van der Waals surface area contributed by atoms with Crippen molar-refractivity contribution < 1.29 is 17.9 Å². The lowest BCUT2D eigenvalue weighted by Gasteiger charge is -2.12. The summed E-state index contributed by atoms with van der Waals surface area (Å²) in [5.74, 6) is 0. The molecule has 1 aromatic rings. The van der Waals surface area contributed by atoms with Crippen LogP contribution in [0.3, 0.4) is 0 Å². The van der Waals surface area contributed by atoms with Crippen LogP contribution in [-0.2, 0) is 17.5 Å². The third-order valence-corrected chi connectivity index (χ3v) is 2.07. The summed E-state index contributed by atoms with van der Waals surface area (Å²) in [6.07, 6.45) is -4.42. The first kappa shape index (κ1) is 13.8. The summed E-state index contributed by atoms with van der Waals surface area (Å²) in [6.45, 7) is 2.33. The molecule has 96 valence electrons. The van der Waals surface area contributed by atoms with Gasteiger partial charge in [0.15, 0.2) is 0 Å². The average molecular weight is 248 g/mol. The second-order valence-corrected chi connectivity index (χ2v) is 3.91. The molecule has 0 unspecified atom stereocenters. The highest BCUT2D eigenvalue weighted by Gasteiger charge is 2.32. The third kappa shape index (κ3) is 4.24. The number of anilines is 1. The van der Waals surface area contributed by atoms with Crippen molar-refractivity contribution in [2.24, 2.45) is 5.73 Å². The summed E-state index contributed by atoms with van der Waals surface area (Å²) in [5.41, 5.74) is 10.3. The van der Waals surface area contributed by atoms with Gasteiger partial charge in [-0.1, -0.05) is 6.07 Å². The van der Waals surface area contributed by atoms with Crippen LogP contribution in [0.5, 0.6) is 0 Å². The maximum Gasteiger partial charge on any atom is 0.418 e. The average Bonchev–Trinajstić information content (AvgIpc) is 2.14. The van der Waals surface area contributed by atoms with Crippen molar-refractivity contribution in [3.63, 3.8) is 0 Å². The second-order valence-electron chi connectivity index (χ2n) is 3.91. The molecule has 0 bridgehead atoms. The molecule has 3 nitrogen and oxygen atoms in total. The lowest BCUT2D eigenvalue weighted by atomic mass is 10.1. The van der Waals surface area contributed by atoms with Crippen molar-refractivity contribution in [1.29, 1.82) is 0 Å². The minimum Gasteiger partial charge on any atom is -0.398 e. The number of hydrogen-bond acceptors (Lipinski definition) is 3. The SMILES string of the molecule is C[C@@H](N)COCc1ccc(C(F)(F)F)c(N)c1. The summed E-state index contributed by atoms with van der Waals surface area (Å²) in [5, 5.41) is 0. The van der Waals surface area contributed by atoms with E-state index in [0.717, 1.165) is 6.07 Å². The zero-order valence-corrected chi connectivity index (χ0v) is 9.42. The van der Waals surface area contributed by atoms with Gasteiger partial charge in [-0.3, -0.25) is 0 Å². The van der Waals surface area contributed by atoms with E-state index in [1.165, 1.54) is 12.1 Å². The van der Waals surface area contributed by atoms with Gasteiger partial charge in [0.25, 0.3) is 0 Å². The van der Waals surface area contributed by atoms with Crippen LogP contribution in [0.2, 0.25) is 0 Å². The molecule has 0 aliphatic rings. The van der Waals surface area contributed by atoms with Gasteiger partial charge in [-0.15, -0.1) is 0 Å². The summed E-state index contributed by atoms with van der Waals surface area (Å²) in [4.78, 5) is 0. The van der Waals surface area contributed by atoms with Gasteiger partial charge in [-0.05, 0) is 24.6 Å². The Morgan fingerprint density at radius 3 is 2.47 bits per heavy atom. The highest BCUT2D eigenvalue weighted by Crippen LogP contribution is 2.33. The summed E-state index contributed by atoms with van der Waals surface area (Å²) >= 11 is 0. The second kappa shape index (κ2) is 5.37. The molecule has 1 rings (SSSR count). The van der Waals surface area contributed by atoms with Crippen molar-refractivity contribution in [1.82, 2.24) is 0 Å². The van der Waals surface area contributed by atoms with Crippen LogP contribution in [0.25, 0.3) is 0 Å². The van der Waals surface area contributed by atoms with E-state index >= 15 is 0 Å². The van der Waals surface area contributed by atoms with E-state index in [1.807, 2.05) is 0 Å². The molecule has 0 spiro atoms. The molecule has 0 radical (unpaired) electrons. The van der Waals surface area contributed by atoms with E-state index in [0.29, 0.717) is 12.2 Å². The minimum atomic E-state index is -4.42. The van der Waals surface area contributed by atoms with Crippen LogP contribution < -0.4 is 11.5 Å². The van der Waals surface area contributed by atoms with E-state index in [2.05, 4.69) is 0 Å². The summed E-state index contributed by atoms with van der Waals surface area (Å²) in [7, 11) is 0. The first-order valence-corrected chi connectivity index (χ1v) is 5.09. The Bertz CT molecular complexity index is 377. The quantitative estimate of drug-likeness (QED) is 0.802. The standard InChI is InChI=1S/C11H15F3N2O/c1-7(15)5-17-6-8-2-3-9(10(16)4-8)11(12,13)14/h2-4,7H,5-6,15-16H2,1H3/t7-/m1/s1. The lowest BCUT2D eigenvalue weighted by Crippen LogP contribution is -2.21. The fraction of sp³-hybridized carbons (Fsp3) is 0.455. The molecule has 0 fully saturated rings. The molecule has 0 heterocycles. The maximum atomic E-state index is 12.4. The van der Waals surface area contributed by atoms with Crippen LogP contribution in [0.1, 0.15) is 18.1 Å². The van der Waals surface area contributed by atoms with Gasteiger partial charge < -0.3 is 16.2 Å². The zero-order valence-electron chi connectivity index (χ0n) is 9.42. The van der Waals surface area contributed by atoms with E-state index in [-0.39, 0.29) is 18.3 Å². The molecule has 0 amide bonds. The first-order valence-electron chi connectivity index (χ1n) is 5.09. The van der Waals surface area contributed by atoms with Gasteiger partial charge in [-0.2, -0.15) is 13.2 Å². The van der Waals surface area contributed by atoms with Crippen LogP contribution in [-0.4, -0.2) is 12.6 Å². The summed E-state index contributed by atoms with van der Waals surface area (Å²) < 4.78 is 42.4. The Morgan fingerprint density at radius 2 is 2.00 bits per heavy atom. The Balaban J connectivity index is 2.69. The molecule has 17 heavy (non-hydrogen) atoms. The number of halogens is 3. The van der Waals surface area contributed by atoms with Gasteiger partial charge in [0.1, 0.15) is 0 Å². The number of rotatable bonds is 4. The van der Waals surface area contributed by atoms with Gasteiger partial charge >= 0.3 is 6.18 Å². The minimum absolute atomic E-state index is 0.109. The van der Waals surface area contributed by atoms with Crippen LogP contribution >= 0.6 is 0 Å². The normalized spacial score (nSPS) is 13.7. The molecule has 0 saturated heterocycles. The van der Waals surface area contributed by atoms with Crippen molar-refractivity contribution in [2.45, 2.75) is 25.7 Å². The largest absolute Gasteiger partial charge is 0.418 e. The topological polar surface area (TPSA) is 61.3 Å². The molecule has 4 N–H and O–H groups in total. The van der Waals surface area contributed by atoms with Gasteiger partial charge in [0, 0.05) is 11.7 Å². The molecule has 0 aliphatic heterocycles. The Morgan fingerprint density at radius 1 is 1.35 bits per heavy atom. The molecule has 0 aromatic heterocycles. The Labute approximate surface area is 97.5 Å². The van der Waals surface area contributed by atoms with Gasteiger partial charge in [0.05, 0.1) is 18.8 Å². The van der Waals surface area contributed by atoms with Crippen molar-refractivity contribution in [2.75, 3.05) is 12.3 Å². The highest BCUT2D eigenvalue weighted by molar-refractivity contribution is 5.50. The van der Waals surface area contributed by atoms with Crippen molar-refractivity contribution >= 4 is 5.69 Å². The fourth-order valence-electron chi connectivity index (χ4n) is 1.32. The zero-order chi connectivity index (χ0) is 13.1. The predicted molar refractivity (Wildman–Crippen MR) is 59.2 cm³/mol. The smallest absolute Gasteiger partial charge is 0.398 e. The highest BCUT2D eigenvalue weighted by atomic mass is 19.4. The molecular weight excluding hydrogens is 233 g/mol. The number of benzene rings is 1. The number of nitrogens with two attached hydrogens (primary N) is 2. The Kier molecular flexibility index (Phi) is 4.36. The van der Waals surface area contributed by atoms with E-state index in [1.54, 1.807) is 6.92 Å².